The van der Waals surface area contributed by atoms with E-state index >= 15 is 0 Å². The Morgan fingerprint density at radius 1 is 0.625 bits per heavy atom. The number of ether oxygens (including phenoxy) is 3. The summed E-state index contributed by atoms with van der Waals surface area (Å²) in [5, 5.41) is 0. The van der Waals surface area contributed by atoms with Crippen LogP contribution in [0.2, 0.25) is 0 Å². The highest BCUT2D eigenvalue weighted by Gasteiger charge is 1.96. The van der Waals surface area contributed by atoms with E-state index in [2.05, 4.69) is 56.1 Å². The molecule has 0 aliphatic heterocycles. The largest absolute Gasteiger partial charge is 0.491 e. The van der Waals surface area contributed by atoms with Crippen LogP contribution in [0, 0.1) is 0 Å². The third-order valence-corrected chi connectivity index (χ3v) is 4.41. The number of halogens is 2. The first-order chi connectivity index (χ1) is 11.7. The Morgan fingerprint density at radius 3 is 1.83 bits per heavy atom. The van der Waals surface area contributed by atoms with Gasteiger partial charge in [-0.1, -0.05) is 44.0 Å². The first kappa shape index (κ1) is 19.4. The maximum atomic E-state index is 5.58. The first-order valence-electron chi connectivity index (χ1n) is 8.02. The first-order valence-corrected chi connectivity index (χ1v) is 9.61. The SMILES string of the molecule is Brc1ccc(CCCOCCOCCOc2ccc(Br)cc2)cc1. The van der Waals surface area contributed by atoms with Crippen molar-refractivity contribution < 1.29 is 14.2 Å². The Labute approximate surface area is 160 Å². The second kappa shape index (κ2) is 11.6. The van der Waals surface area contributed by atoms with Crippen molar-refractivity contribution in [3.63, 3.8) is 0 Å². The second-order valence-electron chi connectivity index (χ2n) is 5.26. The van der Waals surface area contributed by atoms with Crippen LogP contribution in [-0.2, 0) is 15.9 Å². The fraction of sp³-hybridized carbons (Fsp3) is 0.368. The summed E-state index contributed by atoms with van der Waals surface area (Å²) in [6.45, 7) is 3.10. The van der Waals surface area contributed by atoms with Crippen molar-refractivity contribution in [2.45, 2.75) is 12.8 Å². The van der Waals surface area contributed by atoms with E-state index in [1.165, 1.54) is 5.56 Å². The fourth-order valence-corrected chi connectivity index (χ4v) is 2.63. The molecule has 24 heavy (non-hydrogen) atoms. The number of hydrogen-bond donors (Lipinski definition) is 0. The Hall–Kier alpha value is -0.880. The molecule has 2 aromatic rings. The number of aryl methyl sites for hydroxylation is 1. The van der Waals surface area contributed by atoms with E-state index in [0.717, 1.165) is 34.1 Å². The van der Waals surface area contributed by atoms with Gasteiger partial charge in [-0.15, -0.1) is 0 Å². The van der Waals surface area contributed by atoms with Gasteiger partial charge in [0.05, 0.1) is 19.8 Å². The molecule has 0 fully saturated rings. The normalized spacial score (nSPS) is 10.8. The van der Waals surface area contributed by atoms with E-state index in [9.17, 15) is 0 Å². The molecule has 0 atom stereocenters. The predicted octanol–water partition coefficient (Wildman–Crippen LogP) is 5.26. The molecule has 0 aliphatic carbocycles. The molecule has 130 valence electrons. The van der Waals surface area contributed by atoms with E-state index in [4.69, 9.17) is 14.2 Å². The molecule has 0 aliphatic rings. The van der Waals surface area contributed by atoms with Gasteiger partial charge in [0.15, 0.2) is 0 Å². The van der Waals surface area contributed by atoms with Gasteiger partial charge in [-0.25, -0.2) is 0 Å². The van der Waals surface area contributed by atoms with Gasteiger partial charge in [-0.2, -0.15) is 0 Å². The summed E-state index contributed by atoms with van der Waals surface area (Å²) in [5.41, 5.74) is 1.34. The van der Waals surface area contributed by atoms with Crippen molar-refractivity contribution in [2.24, 2.45) is 0 Å². The summed E-state index contributed by atoms with van der Waals surface area (Å²) in [6, 6.07) is 16.2. The van der Waals surface area contributed by atoms with Crippen molar-refractivity contribution in [2.75, 3.05) is 33.0 Å². The summed E-state index contributed by atoms with van der Waals surface area (Å²) in [5.74, 6) is 0.853. The van der Waals surface area contributed by atoms with Crippen molar-refractivity contribution in [3.8, 4) is 5.75 Å². The fourth-order valence-electron chi connectivity index (χ4n) is 2.10. The van der Waals surface area contributed by atoms with Crippen LogP contribution in [0.4, 0.5) is 0 Å². The maximum Gasteiger partial charge on any atom is 0.119 e. The Morgan fingerprint density at radius 2 is 1.17 bits per heavy atom. The molecular weight excluding hydrogens is 436 g/mol. The molecule has 0 saturated carbocycles. The van der Waals surface area contributed by atoms with Gasteiger partial charge in [0.2, 0.25) is 0 Å². The topological polar surface area (TPSA) is 27.7 Å². The van der Waals surface area contributed by atoms with Crippen molar-refractivity contribution in [1.29, 1.82) is 0 Å². The number of rotatable bonds is 11. The molecule has 0 unspecified atom stereocenters. The number of benzene rings is 2. The summed E-state index contributed by atoms with van der Waals surface area (Å²) < 4.78 is 18.8. The molecule has 0 bridgehead atoms. The van der Waals surface area contributed by atoms with Gasteiger partial charge < -0.3 is 14.2 Å². The molecule has 0 aromatic heterocycles. The third kappa shape index (κ3) is 8.29. The summed E-state index contributed by atoms with van der Waals surface area (Å²) in [4.78, 5) is 0. The summed E-state index contributed by atoms with van der Waals surface area (Å²) >= 11 is 6.83. The zero-order valence-electron chi connectivity index (χ0n) is 13.5. The highest BCUT2D eigenvalue weighted by molar-refractivity contribution is 9.10. The van der Waals surface area contributed by atoms with Crippen LogP contribution in [0.5, 0.6) is 5.75 Å². The van der Waals surface area contributed by atoms with Gasteiger partial charge in [0.1, 0.15) is 12.4 Å². The third-order valence-electron chi connectivity index (χ3n) is 3.35. The lowest BCUT2D eigenvalue weighted by molar-refractivity contribution is 0.0357. The molecule has 3 nitrogen and oxygen atoms in total. The van der Waals surface area contributed by atoms with Crippen LogP contribution >= 0.6 is 31.9 Å². The summed E-state index contributed by atoms with van der Waals surface area (Å²) in [6.07, 6.45) is 2.06. The molecule has 0 heterocycles. The monoisotopic (exact) mass is 456 g/mol. The zero-order valence-corrected chi connectivity index (χ0v) is 16.7. The molecule has 0 amide bonds. The van der Waals surface area contributed by atoms with Crippen LogP contribution in [0.15, 0.2) is 57.5 Å². The van der Waals surface area contributed by atoms with Crippen LogP contribution in [0.3, 0.4) is 0 Å². The van der Waals surface area contributed by atoms with Gasteiger partial charge in [0, 0.05) is 15.6 Å². The smallest absolute Gasteiger partial charge is 0.119 e. The van der Waals surface area contributed by atoms with Crippen molar-refractivity contribution in [3.05, 3.63) is 63.0 Å². The van der Waals surface area contributed by atoms with Crippen molar-refractivity contribution >= 4 is 31.9 Å². The lowest BCUT2D eigenvalue weighted by Gasteiger charge is -2.08. The molecule has 0 radical (unpaired) electrons. The van der Waals surface area contributed by atoms with E-state index in [0.29, 0.717) is 26.4 Å². The average molecular weight is 458 g/mol. The minimum absolute atomic E-state index is 0.547. The standard InChI is InChI=1S/C19H22Br2O3/c20-17-5-3-16(4-6-17)2-1-11-22-12-13-23-14-15-24-19-9-7-18(21)8-10-19/h3-10H,1-2,11-15H2. The van der Waals surface area contributed by atoms with Crippen molar-refractivity contribution in [1.82, 2.24) is 0 Å². The predicted molar refractivity (Wildman–Crippen MR) is 104 cm³/mol. The molecule has 0 saturated heterocycles. The van der Waals surface area contributed by atoms with Gasteiger partial charge >= 0.3 is 0 Å². The Balaban J connectivity index is 1.40. The summed E-state index contributed by atoms with van der Waals surface area (Å²) in [7, 11) is 0. The lowest BCUT2D eigenvalue weighted by Crippen LogP contribution is -2.11. The van der Waals surface area contributed by atoms with Crippen LogP contribution < -0.4 is 4.74 Å². The van der Waals surface area contributed by atoms with Gasteiger partial charge in [0.25, 0.3) is 0 Å². The van der Waals surface area contributed by atoms with Crippen LogP contribution in [-0.4, -0.2) is 33.0 Å². The van der Waals surface area contributed by atoms with Crippen LogP contribution in [0.25, 0.3) is 0 Å². The van der Waals surface area contributed by atoms with Crippen LogP contribution in [0.1, 0.15) is 12.0 Å². The average Bonchev–Trinajstić information content (AvgIpc) is 2.60. The van der Waals surface area contributed by atoms with E-state index < -0.39 is 0 Å². The number of hydrogen-bond acceptors (Lipinski definition) is 3. The second-order valence-corrected chi connectivity index (χ2v) is 7.09. The highest BCUT2D eigenvalue weighted by Crippen LogP contribution is 2.15. The molecular formula is C19H22Br2O3. The van der Waals surface area contributed by atoms with E-state index in [-0.39, 0.29) is 0 Å². The molecule has 0 N–H and O–H groups in total. The van der Waals surface area contributed by atoms with Gasteiger partial charge in [-0.05, 0) is 54.8 Å². The quantitative estimate of drug-likeness (QED) is 0.431. The Bertz CT molecular complexity index is 517. The molecule has 5 heteroatoms. The maximum absolute atomic E-state index is 5.58. The van der Waals surface area contributed by atoms with E-state index in [1.54, 1.807) is 0 Å². The van der Waals surface area contributed by atoms with Gasteiger partial charge in [-0.3, -0.25) is 0 Å². The molecule has 2 aromatic carbocycles. The zero-order chi connectivity index (χ0) is 17.0. The molecule has 2 rings (SSSR count). The highest BCUT2D eigenvalue weighted by atomic mass is 79.9. The Kier molecular flexibility index (Phi) is 9.43. The lowest BCUT2D eigenvalue weighted by atomic mass is 10.1. The minimum Gasteiger partial charge on any atom is -0.491 e. The van der Waals surface area contributed by atoms with E-state index in [1.807, 2.05) is 24.3 Å². The minimum atomic E-state index is 0.547. The molecule has 0 spiro atoms.